The standard InChI is InChI=1S/C16H29N3O4.C16H27N3O3.C15H24N2O6.C11H19N3O.C5H10N2O/c1-6-10(2)12(18-15(22)23-16(3,4)5)14(21)19-9-7-8-11(19)13(17)20;1-6-11(2)13(18-15(21)22-16(3,4)5)14(20)19-9-7-8-12(19)10-17;1-6-9(2)12(16-14(21)22-15(3,4)5)13(20)23-17-10(18)7-8-11(17)19;1-3-8(2)10(13)11(15)14-6-4-5-9(14)7-12;6-5(8)4-2-1-3-7-4/h10-12H,6-9H2,1-5H3,(H2,17,20)(H,18,22);11-13H,6-9H2,1-5H3,(H,18,21);9,12H,6-8H2,1-5H3,(H,16,21);8-10H,3-6,13H2,1-2H3;4,7H,1-3H2,(H2,6,8)/t10?,11-,12-;11?,12-,13-;9?,12-;8?,9-,10-;4-/m00000/s1. The average molecular weight is 1290 g/mol. The van der Waals surface area contributed by atoms with Crippen LogP contribution in [0.2, 0.25) is 0 Å². The SMILES string of the molecule is CCC(C)[C@H](N)C(=O)N1CCC[C@H]1C#N.CCC(C)[C@H](NC(=O)OC(C)(C)C)C(=O)N1CCC[C@H]1C#N.CCC(C)[C@H](NC(=O)OC(C)(C)C)C(=O)N1CCC[C@H]1C(N)=O.CCC(C)[C@H](NC(=O)OC(C)(C)C)C(=O)ON1C(=O)CCC1=O.NC(=O)[C@@H]1CCCN1. The molecule has 0 aromatic rings. The van der Waals surface area contributed by atoms with Gasteiger partial charge in [-0.15, -0.1) is 5.06 Å². The van der Waals surface area contributed by atoms with Crippen molar-refractivity contribution in [3.63, 3.8) is 0 Å². The van der Waals surface area contributed by atoms with Gasteiger partial charge in [-0.05, 0) is 144 Å². The van der Waals surface area contributed by atoms with Gasteiger partial charge < -0.3 is 72.2 Å². The van der Waals surface area contributed by atoms with E-state index in [-0.39, 0.29) is 78.3 Å². The summed E-state index contributed by atoms with van der Waals surface area (Å²) in [5.41, 5.74) is 14.3. The van der Waals surface area contributed by atoms with Crippen LogP contribution in [0.4, 0.5) is 14.4 Å². The van der Waals surface area contributed by atoms with Crippen molar-refractivity contribution >= 4 is 65.6 Å². The van der Waals surface area contributed by atoms with Crippen LogP contribution in [0.25, 0.3) is 0 Å². The quantitative estimate of drug-likeness (QED) is 0.0660. The Balaban J connectivity index is 0.000000587. The van der Waals surface area contributed by atoms with E-state index >= 15 is 0 Å². The Morgan fingerprint density at radius 3 is 1.24 bits per heavy atom. The molecule has 0 bridgehead atoms. The van der Waals surface area contributed by atoms with E-state index in [4.69, 9.17) is 46.8 Å². The molecule has 5 rings (SSSR count). The molecular weight excluding hydrogens is 1180 g/mol. The van der Waals surface area contributed by atoms with E-state index in [1.54, 1.807) is 79.0 Å². The molecule has 0 aliphatic carbocycles. The van der Waals surface area contributed by atoms with Gasteiger partial charge in [0.05, 0.1) is 24.2 Å². The molecule has 10 N–H and O–H groups in total. The van der Waals surface area contributed by atoms with Crippen LogP contribution in [0, 0.1) is 46.3 Å². The summed E-state index contributed by atoms with van der Waals surface area (Å²) in [5.74, 6) is -3.44. The summed E-state index contributed by atoms with van der Waals surface area (Å²) in [7, 11) is 0. The summed E-state index contributed by atoms with van der Waals surface area (Å²) < 4.78 is 15.6. The lowest BCUT2D eigenvalue weighted by Crippen LogP contribution is -2.55. The second-order valence-corrected chi connectivity index (χ2v) is 26.7. The Kier molecular flexibility index (Phi) is 34.6. The minimum atomic E-state index is -1.02. The average Bonchev–Trinajstić information content (AvgIpc) is 1.89. The summed E-state index contributed by atoms with van der Waals surface area (Å²) in [6.07, 6.45) is 7.47. The lowest BCUT2D eigenvalue weighted by atomic mass is 9.97. The number of ether oxygens (including phenoxy) is 3. The van der Waals surface area contributed by atoms with Crippen molar-refractivity contribution in [1.82, 2.24) is 41.0 Å². The Bertz CT molecular complexity index is 2510. The highest BCUT2D eigenvalue weighted by molar-refractivity contribution is 6.02. The summed E-state index contributed by atoms with van der Waals surface area (Å²) in [4.78, 5) is 140. The van der Waals surface area contributed by atoms with E-state index in [2.05, 4.69) is 33.4 Å². The number of nitrogens with one attached hydrogen (secondary N) is 4. The van der Waals surface area contributed by atoms with Crippen LogP contribution in [-0.4, -0.2) is 177 Å². The number of rotatable bonds is 18. The molecule has 28 heteroatoms. The Morgan fingerprint density at radius 2 is 0.901 bits per heavy atom. The molecular formula is C63H109N13O15. The number of hydrogen-bond acceptors (Lipinski definition) is 19. The Morgan fingerprint density at radius 1 is 0.538 bits per heavy atom. The van der Waals surface area contributed by atoms with Gasteiger partial charge in [-0.1, -0.05) is 81.1 Å². The van der Waals surface area contributed by atoms with Gasteiger partial charge in [0.2, 0.25) is 29.5 Å². The molecule has 4 unspecified atom stereocenters. The molecule has 91 heavy (non-hydrogen) atoms. The second-order valence-electron chi connectivity index (χ2n) is 26.7. The first-order valence-corrected chi connectivity index (χ1v) is 32.1. The number of nitrogens with two attached hydrogens (primary N) is 3. The number of primary amides is 2. The molecule has 5 saturated heterocycles. The molecule has 5 heterocycles. The van der Waals surface area contributed by atoms with Crippen molar-refractivity contribution in [2.75, 3.05) is 26.2 Å². The topological polar surface area (TPSA) is 411 Å². The third-order valence-corrected chi connectivity index (χ3v) is 15.8. The predicted molar refractivity (Wildman–Crippen MR) is 337 cm³/mol. The summed E-state index contributed by atoms with van der Waals surface area (Å²) in [6, 6.07) is 0.177. The van der Waals surface area contributed by atoms with E-state index in [0.29, 0.717) is 50.4 Å². The number of carbonyl (C=O) groups excluding carboxylic acids is 11. The van der Waals surface area contributed by atoms with Crippen LogP contribution in [0.5, 0.6) is 0 Å². The van der Waals surface area contributed by atoms with Crippen LogP contribution in [0.1, 0.15) is 208 Å². The van der Waals surface area contributed by atoms with E-state index in [1.165, 1.54) is 4.90 Å². The van der Waals surface area contributed by atoms with Gasteiger partial charge in [0.1, 0.15) is 53.1 Å². The van der Waals surface area contributed by atoms with Gasteiger partial charge in [0, 0.05) is 32.5 Å². The molecule has 5 aliphatic rings. The first kappa shape index (κ1) is 81.7. The Labute approximate surface area is 539 Å². The predicted octanol–water partition coefficient (Wildman–Crippen LogP) is 5.47. The normalized spacial score (nSPS) is 21.3. The number of alkyl carbamates (subject to hydrolysis) is 3. The van der Waals surface area contributed by atoms with Gasteiger partial charge in [0.25, 0.3) is 11.8 Å². The smallest absolute Gasteiger partial charge is 0.408 e. The molecule has 12 atom stereocenters. The highest BCUT2D eigenvalue weighted by atomic mass is 16.7. The highest BCUT2D eigenvalue weighted by Crippen LogP contribution is 2.25. The number of imide groups is 1. The lowest BCUT2D eigenvalue weighted by Gasteiger charge is -2.31. The zero-order valence-electron chi connectivity index (χ0n) is 57.2. The molecule has 0 aromatic heterocycles. The first-order chi connectivity index (χ1) is 42.2. The first-order valence-electron chi connectivity index (χ1n) is 32.1. The monoisotopic (exact) mass is 1290 g/mol. The van der Waals surface area contributed by atoms with Crippen molar-refractivity contribution in [3.8, 4) is 12.1 Å². The van der Waals surface area contributed by atoms with E-state index in [0.717, 1.165) is 57.9 Å². The van der Waals surface area contributed by atoms with Crippen LogP contribution in [0.15, 0.2) is 0 Å². The molecule has 10 amide bonds. The molecule has 0 aromatic carbocycles. The third kappa shape index (κ3) is 28.4. The van der Waals surface area contributed by atoms with E-state index in [9.17, 15) is 52.7 Å². The second kappa shape index (κ2) is 38.5. The number of hydrogen-bond donors (Lipinski definition) is 7. The van der Waals surface area contributed by atoms with Gasteiger partial charge in [0.15, 0.2) is 0 Å². The molecule has 0 radical (unpaired) electrons. The zero-order valence-corrected chi connectivity index (χ0v) is 57.2. The number of nitrogens with zero attached hydrogens (tertiary/aromatic N) is 6. The van der Waals surface area contributed by atoms with Crippen molar-refractivity contribution < 1.29 is 71.8 Å². The van der Waals surface area contributed by atoms with Crippen molar-refractivity contribution in [1.29, 1.82) is 10.5 Å². The lowest BCUT2D eigenvalue weighted by molar-refractivity contribution is -0.199. The van der Waals surface area contributed by atoms with E-state index < -0.39 is 89.0 Å². The maximum atomic E-state index is 12.8. The molecule has 28 nitrogen and oxygen atoms in total. The molecule has 5 fully saturated rings. The van der Waals surface area contributed by atoms with Gasteiger partial charge in [-0.3, -0.25) is 33.6 Å². The van der Waals surface area contributed by atoms with Crippen LogP contribution in [-0.2, 0) is 57.4 Å². The summed E-state index contributed by atoms with van der Waals surface area (Å²) in [6.45, 7) is 33.7. The number of carbonyl (C=O) groups is 11. The molecule has 5 aliphatic heterocycles. The zero-order chi connectivity index (χ0) is 69.9. The Hall–Kier alpha value is -7.33. The fraction of sp³-hybridized carbons (Fsp3) is 0.794. The maximum Gasteiger partial charge on any atom is 0.408 e. The number of nitriles is 2. The van der Waals surface area contributed by atoms with Crippen molar-refractivity contribution in [2.45, 2.75) is 273 Å². The minimum absolute atomic E-state index is 0.0135. The van der Waals surface area contributed by atoms with E-state index in [1.807, 2.05) is 48.5 Å². The number of likely N-dealkylation sites (tertiary alicyclic amines) is 3. The molecule has 0 spiro atoms. The van der Waals surface area contributed by atoms with Gasteiger partial charge >= 0.3 is 24.2 Å². The van der Waals surface area contributed by atoms with Gasteiger partial charge in [-0.2, -0.15) is 10.5 Å². The number of amides is 10. The van der Waals surface area contributed by atoms with Crippen LogP contribution < -0.4 is 38.5 Å². The van der Waals surface area contributed by atoms with Crippen molar-refractivity contribution in [2.24, 2.45) is 40.9 Å². The largest absolute Gasteiger partial charge is 0.444 e. The van der Waals surface area contributed by atoms with Gasteiger partial charge in [-0.25, -0.2) is 19.2 Å². The molecule has 516 valence electrons. The summed E-state index contributed by atoms with van der Waals surface area (Å²) >= 11 is 0. The van der Waals surface area contributed by atoms with Crippen molar-refractivity contribution in [3.05, 3.63) is 0 Å². The van der Waals surface area contributed by atoms with Crippen LogP contribution >= 0.6 is 0 Å². The maximum absolute atomic E-state index is 12.8. The number of hydroxylamine groups is 2. The van der Waals surface area contributed by atoms with Crippen LogP contribution in [0.3, 0.4) is 0 Å². The third-order valence-electron chi connectivity index (χ3n) is 15.8. The molecule has 0 saturated carbocycles. The summed E-state index contributed by atoms with van der Waals surface area (Å²) in [5, 5.41) is 29.3. The fourth-order valence-electron chi connectivity index (χ4n) is 9.77. The highest BCUT2D eigenvalue weighted by Gasteiger charge is 2.41. The minimum Gasteiger partial charge on any atom is -0.444 e. The fourth-order valence-corrected chi connectivity index (χ4v) is 9.77.